The standard InChI is InChI=1S/C19H28N4O4/c1-13(2)21-17(24)14(3)23(20)18(25)16-10-7-11-22(16)19(26)27-12-15-8-5-4-6-9-15/h4-6,8-9,13-14,16H,7,10-12,20H2,1-3H3,(H,21,24)/t14-,16-/m0/s1. The van der Waals surface area contributed by atoms with Crippen molar-refractivity contribution < 1.29 is 19.1 Å². The van der Waals surface area contributed by atoms with Crippen LogP contribution in [0, 0.1) is 0 Å². The van der Waals surface area contributed by atoms with Crippen molar-refractivity contribution in [1.29, 1.82) is 0 Å². The molecule has 148 valence electrons. The van der Waals surface area contributed by atoms with Gasteiger partial charge < -0.3 is 10.1 Å². The summed E-state index contributed by atoms with van der Waals surface area (Å²) < 4.78 is 5.33. The predicted molar refractivity (Wildman–Crippen MR) is 100 cm³/mol. The molecule has 8 nitrogen and oxygen atoms in total. The number of benzene rings is 1. The minimum absolute atomic E-state index is 0.0561. The molecule has 1 aliphatic rings. The molecule has 8 heteroatoms. The molecule has 2 rings (SSSR count). The fraction of sp³-hybridized carbons (Fsp3) is 0.526. The lowest BCUT2D eigenvalue weighted by molar-refractivity contribution is -0.143. The summed E-state index contributed by atoms with van der Waals surface area (Å²) in [5, 5.41) is 3.63. The Kier molecular flexibility index (Phi) is 7.18. The van der Waals surface area contributed by atoms with E-state index in [2.05, 4.69) is 5.32 Å². The lowest BCUT2D eigenvalue weighted by Gasteiger charge is -2.30. The van der Waals surface area contributed by atoms with E-state index in [9.17, 15) is 14.4 Å². The molecule has 0 saturated carbocycles. The van der Waals surface area contributed by atoms with Gasteiger partial charge in [0.2, 0.25) is 5.91 Å². The van der Waals surface area contributed by atoms with Crippen LogP contribution in [0.4, 0.5) is 4.79 Å². The van der Waals surface area contributed by atoms with Gasteiger partial charge in [-0.1, -0.05) is 30.3 Å². The van der Waals surface area contributed by atoms with Crippen molar-refractivity contribution in [2.24, 2.45) is 5.84 Å². The van der Waals surface area contributed by atoms with Gasteiger partial charge in [-0.05, 0) is 39.2 Å². The smallest absolute Gasteiger partial charge is 0.410 e. The highest BCUT2D eigenvalue weighted by Gasteiger charge is 2.39. The highest BCUT2D eigenvalue weighted by molar-refractivity contribution is 5.91. The van der Waals surface area contributed by atoms with Crippen LogP contribution < -0.4 is 11.2 Å². The van der Waals surface area contributed by atoms with Crippen LogP contribution in [0.25, 0.3) is 0 Å². The summed E-state index contributed by atoms with van der Waals surface area (Å²) in [7, 11) is 0. The SMILES string of the molecule is CC(C)NC(=O)[C@H](C)N(N)C(=O)[C@@H]1CCCN1C(=O)OCc1ccccc1. The fourth-order valence-electron chi connectivity index (χ4n) is 2.94. The third-order valence-electron chi connectivity index (χ3n) is 4.46. The van der Waals surface area contributed by atoms with Gasteiger partial charge in [-0.25, -0.2) is 10.6 Å². The zero-order valence-corrected chi connectivity index (χ0v) is 16.1. The maximum atomic E-state index is 12.7. The number of nitrogens with one attached hydrogen (secondary N) is 1. The van der Waals surface area contributed by atoms with Crippen molar-refractivity contribution in [2.45, 2.75) is 58.3 Å². The van der Waals surface area contributed by atoms with Crippen molar-refractivity contribution in [2.75, 3.05) is 6.54 Å². The Bertz CT molecular complexity index is 665. The number of hydrogen-bond acceptors (Lipinski definition) is 5. The molecule has 3 amide bonds. The summed E-state index contributed by atoms with van der Waals surface area (Å²) in [4.78, 5) is 38.6. The largest absolute Gasteiger partial charge is 0.445 e. The van der Waals surface area contributed by atoms with Gasteiger partial charge in [-0.2, -0.15) is 0 Å². The minimum atomic E-state index is -0.831. The van der Waals surface area contributed by atoms with Gasteiger partial charge in [0.1, 0.15) is 18.7 Å². The Morgan fingerprint density at radius 3 is 2.56 bits per heavy atom. The van der Waals surface area contributed by atoms with Crippen LogP contribution in [0.1, 0.15) is 39.2 Å². The molecule has 3 N–H and O–H groups in total. The summed E-state index contributed by atoms with van der Waals surface area (Å²) in [6, 6.07) is 7.72. The van der Waals surface area contributed by atoms with Crippen LogP contribution >= 0.6 is 0 Å². The number of likely N-dealkylation sites (tertiary alicyclic amines) is 1. The third-order valence-corrected chi connectivity index (χ3v) is 4.46. The maximum absolute atomic E-state index is 12.7. The number of nitrogens with zero attached hydrogens (tertiary/aromatic N) is 2. The number of carbonyl (C=O) groups excluding carboxylic acids is 3. The van der Waals surface area contributed by atoms with E-state index in [1.165, 1.54) is 4.90 Å². The lowest BCUT2D eigenvalue weighted by atomic mass is 10.1. The first-order valence-electron chi connectivity index (χ1n) is 9.16. The Labute approximate surface area is 159 Å². The van der Waals surface area contributed by atoms with E-state index in [0.29, 0.717) is 19.4 Å². The van der Waals surface area contributed by atoms with Gasteiger partial charge >= 0.3 is 6.09 Å². The van der Waals surface area contributed by atoms with E-state index in [-0.39, 0.29) is 18.6 Å². The van der Waals surface area contributed by atoms with Crippen LogP contribution in [-0.4, -0.2) is 52.5 Å². The van der Waals surface area contributed by atoms with Crippen LogP contribution in [0.15, 0.2) is 30.3 Å². The molecule has 1 aliphatic heterocycles. The first-order valence-corrected chi connectivity index (χ1v) is 9.16. The molecule has 0 spiro atoms. The van der Waals surface area contributed by atoms with E-state index >= 15 is 0 Å². The number of hydrogen-bond donors (Lipinski definition) is 2. The van der Waals surface area contributed by atoms with E-state index < -0.39 is 24.1 Å². The third kappa shape index (κ3) is 5.43. The van der Waals surface area contributed by atoms with Crippen molar-refractivity contribution in [1.82, 2.24) is 15.2 Å². The Balaban J connectivity index is 1.96. The van der Waals surface area contributed by atoms with Gasteiger partial charge in [0.05, 0.1) is 0 Å². The number of hydrazine groups is 1. The summed E-state index contributed by atoms with van der Waals surface area (Å²) in [5.74, 6) is 5.09. The molecule has 1 aromatic rings. The summed E-state index contributed by atoms with van der Waals surface area (Å²) in [6.07, 6.45) is 0.616. The number of rotatable bonds is 6. The molecule has 27 heavy (non-hydrogen) atoms. The monoisotopic (exact) mass is 376 g/mol. The minimum Gasteiger partial charge on any atom is -0.445 e. The first-order chi connectivity index (χ1) is 12.8. The van der Waals surface area contributed by atoms with Gasteiger partial charge in [0.15, 0.2) is 0 Å². The van der Waals surface area contributed by atoms with E-state index in [1.54, 1.807) is 6.92 Å². The molecule has 1 heterocycles. The molecule has 0 unspecified atom stereocenters. The number of nitrogens with two attached hydrogens (primary N) is 1. The fourth-order valence-corrected chi connectivity index (χ4v) is 2.94. The molecule has 1 fully saturated rings. The number of carbonyl (C=O) groups is 3. The summed E-state index contributed by atoms with van der Waals surface area (Å²) in [6.45, 7) is 5.77. The Morgan fingerprint density at radius 2 is 1.93 bits per heavy atom. The van der Waals surface area contributed by atoms with Crippen LogP contribution in [0.3, 0.4) is 0 Å². The average Bonchev–Trinajstić information content (AvgIpc) is 3.14. The normalized spacial score (nSPS) is 17.5. The Hall–Kier alpha value is -2.61. The maximum Gasteiger partial charge on any atom is 0.410 e. The van der Waals surface area contributed by atoms with Crippen molar-refractivity contribution >= 4 is 17.9 Å². The van der Waals surface area contributed by atoms with Crippen molar-refractivity contribution in [3.05, 3.63) is 35.9 Å². The van der Waals surface area contributed by atoms with Crippen LogP contribution in [0.2, 0.25) is 0 Å². The summed E-state index contributed by atoms with van der Waals surface area (Å²) in [5.41, 5.74) is 0.868. The molecule has 0 aliphatic carbocycles. The second-order valence-electron chi connectivity index (χ2n) is 6.98. The second kappa shape index (κ2) is 9.36. The van der Waals surface area contributed by atoms with E-state index in [4.69, 9.17) is 10.6 Å². The van der Waals surface area contributed by atoms with E-state index in [0.717, 1.165) is 10.6 Å². The highest BCUT2D eigenvalue weighted by atomic mass is 16.6. The predicted octanol–water partition coefficient (Wildman–Crippen LogP) is 1.40. The topological polar surface area (TPSA) is 105 Å². The van der Waals surface area contributed by atoms with Gasteiger partial charge in [-0.15, -0.1) is 0 Å². The molecular weight excluding hydrogens is 348 g/mol. The van der Waals surface area contributed by atoms with Crippen molar-refractivity contribution in [3.63, 3.8) is 0 Å². The zero-order chi connectivity index (χ0) is 20.0. The molecule has 2 atom stereocenters. The van der Waals surface area contributed by atoms with E-state index in [1.807, 2.05) is 44.2 Å². The number of ether oxygens (including phenoxy) is 1. The van der Waals surface area contributed by atoms with Gasteiger partial charge in [-0.3, -0.25) is 19.5 Å². The highest BCUT2D eigenvalue weighted by Crippen LogP contribution is 2.21. The van der Waals surface area contributed by atoms with Gasteiger partial charge in [0.25, 0.3) is 5.91 Å². The van der Waals surface area contributed by atoms with Crippen LogP contribution in [0.5, 0.6) is 0 Å². The molecule has 0 aromatic heterocycles. The van der Waals surface area contributed by atoms with Gasteiger partial charge in [0, 0.05) is 12.6 Å². The molecule has 1 aromatic carbocycles. The van der Waals surface area contributed by atoms with Crippen LogP contribution in [-0.2, 0) is 20.9 Å². The second-order valence-corrected chi connectivity index (χ2v) is 6.98. The average molecular weight is 376 g/mol. The summed E-state index contributed by atoms with van der Waals surface area (Å²) >= 11 is 0. The molecule has 0 radical (unpaired) electrons. The van der Waals surface area contributed by atoms with Crippen molar-refractivity contribution in [3.8, 4) is 0 Å². The quantitative estimate of drug-likeness (QED) is 0.444. The zero-order valence-electron chi connectivity index (χ0n) is 16.1. The first kappa shape index (κ1) is 20.7. The Morgan fingerprint density at radius 1 is 1.26 bits per heavy atom. The molecule has 1 saturated heterocycles. The lowest BCUT2D eigenvalue weighted by Crippen LogP contribution is -2.57. The molecule has 0 bridgehead atoms. The molecular formula is C19H28N4O4. The number of amides is 3.